The van der Waals surface area contributed by atoms with Crippen LogP contribution in [0.15, 0.2) is 24.3 Å². The molecule has 2 aromatic rings. The topological polar surface area (TPSA) is 85.4 Å². The third-order valence-electron chi connectivity index (χ3n) is 3.53. The van der Waals surface area contributed by atoms with E-state index in [1.54, 1.807) is 24.3 Å². The second-order valence-electron chi connectivity index (χ2n) is 5.52. The van der Waals surface area contributed by atoms with Gasteiger partial charge in [0.25, 0.3) is 5.91 Å². The molecule has 1 amide bonds. The lowest BCUT2D eigenvalue weighted by molar-refractivity contribution is 0.102. The number of unbranched alkanes of at least 4 members (excludes halogenated alkanes) is 1. The van der Waals surface area contributed by atoms with Crippen molar-refractivity contribution in [1.29, 1.82) is 0 Å². The maximum absolute atomic E-state index is 12.4. The number of hydrogen-bond donors (Lipinski definition) is 2. The molecule has 0 bridgehead atoms. The molecule has 1 aliphatic heterocycles. The van der Waals surface area contributed by atoms with Crippen molar-refractivity contribution in [3.8, 4) is 11.5 Å². The fraction of sp³-hybridized carbons (Fsp3) is 0.353. The van der Waals surface area contributed by atoms with Crippen molar-refractivity contribution in [2.45, 2.75) is 26.7 Å². The molecule has 1 aromatic carbocycles. The van der Waals surface area contributed by atoms with Crippen LogP contribution in [0.2, 0.25) is 0 Å². The van der Waals surface area contributed by atoms with Crippen LogP contribution in [-0.4, -0.2) is 29.2 Å². The van der Waals surface area contributed by atoms with E-state index in [0.29, 0.717) is 28.8 Å². The molecule has 1 aromatic heterocycles. The molecule has 0 spiro atoms. The second kappa shape index (κ2) is 7.16. The molecule has 2 N–H and O–H groups in total. The summed E-state index contributed by atoms with van der Waals surface area (Å²) in [5.41, 5.74) is 1.68. The van der Waals surface area contributed by atoms with Crippen LogP contribution in [0.3, 0.4) is 0 Å². The summed E-state index contributed by atoms with van der Waals surface area (Å²) < 4.78 is 10.6. The number of fused-ring (bicyclic) bond motifs is 1. The number of ether oxygens (including phenoxy) is 2. The summed E-state index contributed by atoms with van der Waals surface area (Å²) in [4.78, 5) is 21.0. The van der Waals surface area contributed by atoms with Gasteiger partial charge in [0.05, 0.1) is 0 Å². The number of nitrogens with one attached hydrogen (secondary N) is 2. The molecule has 0 atom stereocenters. The molecule has 0 radical (unpaired) electrons. The van der Waals surface area contributed by atoms with Gasteiger partial charge in [-0.2, -0.15) is 0 Å². The van der Waals surface area contributed by atoms with Gasteiger partial charge in [0, 0.05) is 24.0 Å². The first-order valence-corrected chi connectivity index (χ1v) is 7.96. The van der Waals surface area contributed by atoms with Gasteiger partial charge in [-0.15, -0.1) is 0 Å². The maximum Gasteiger partial charge on any atom is 0.274 e. The van der Waals surface area contributed by atoms with Crippen molar-refractivity contribution in [3.63, 3.8) is 0 Å². The highest BCUT2D eigenvalue weighted by Crippen LogP contribution is 2.34. The predicted molar refractivity (Wildman–Crippen MR) is 90.7 cm³/mol. The zero-order valence-electron chi connectivity index (χ0n) is 13.8. The van der Waals surface area contributed by atoms with E-state index < -0.39 is 0 Å². The van der Waals surface area contributed by atoms with Crippen molar-refractivity contribution in [2.24, 2.45) is 0 Å². The largest absolute Gasteiger partial charge is 0.454 e. The van der Waals surface area contributed by atoms with E-state index in [1.807, 2.05) is 6.92 Å². The first-order valence-electron chi connectivity index (χ1n) is 7.96. The van der Waals surface area contributed by atoms with Gasteiger partial charge in [-0.3, -0.25) is 4.79 Å². The molecule has 24 heavy (non-hydrogen) atoms. The number of anilines is 2. The molecule has 0 fully saturated rings. The highest BCUT2D eigenvalue weighted by molar-refractivity contribution is 6.03. The van der Waals surface area contributed by atoms with E-state index in [0.717, 1.165) is 25.1 Å². The number of aromatic nitrogens is 2. The Morgan fingerprint density at radius 2 is 2.04 bits per heavy atom. The zero-order chi connectivity index (χ0) is 16.9. The average molecular weight is 328 g/mol. The number of aryl methyl sites for hydroxylation is 1. The van der Waals surface area contributed by atoms with E-state index in [-0.39, 0.29) is 12.7 Å². The van der Waals surface area contributed by atoms with Gasteiger partial charge >= 0.3 is 0 Å². The maximum atomic E-state index is 12.4. The van der Waals surface area contributed by atoms with Gasteiger partial charge in [0.1, 0.15) is 5.69 Å². The van der Waals surface area contributed by atoms with Gasteiger partial charge < -0.3 is 20.1 Å². The first-order chi connectivity index (χ1) is 11.7. The second-order valence-corrected chi connectivity index (χ2v) is 5.52. The standard InChI is InChI=1S/C17H20N4O3/c1-3-4-7-18-17-19-11(2)8-13(21-17)16(22)20-12-5-6-14-15(9-12)24-10-23-14/h5-6,8-9H,3-4,7,10H2,1-2H3,(H,20,22)(H,18,19,21). The van der Waals surface area contributed by atoms with Crippen LogP contribution in [0.4, 0.5) is 11.6 Å². The van der Waals surface area contributed by atoms with Crippen molar-refractivity contribution in [2.75, 3.05) is 24.0 Å². The molecule has 1 aliphatic rings. The third kappa shape index (κ3) is 3.73. The molecule has 126 valence electrons. The molecule has 7 nitrogen and oxygen atoms in total. The number of carbonyl (C=O) groups is 1. The molecule has 0 saturated carbocycles. The van der Waals surface area contributed by atoms with Gasteiger partial charge in [0.15, 0.2) is 11.5 Å². The number of rotatable bonds is 6. The van der Waals surface area contributed by atoms with Crippen LogP contribution in [0.5, 0.6) is 11.5 Å². The summed E-state index contributed by atoms with van der Waals surface area (Å²) in [6, 6.07) is 6.92. The Labute approximate surface area is 140 Å². The van der Waals surface area contributed by atoms with Crippen LogP contribution < -0.4 is 20.1 Å². The lowest BCUT2D eigenvalue weighted by Crippen LogP contribution is -2.16. The van der Waals surface area contributed by atoms with E-state index in [4.69, 9.17) is 9.47 Å². The summed E-state index contributed by atoms with van der Waals surface area (Å²) in [5.74, 6) is 1.47. The quantitative estimate of drug-likeness (QED) is 0.793. The van der Waals surface area contributed by atoms with E-state index in [1.165, 1.54) is 0 Å². The summed E-state index contributed by atoms with van der Waals surface area (Å²) in [6.45, 7) is 4.93. The first kappa shape index (κ1) is 16.0. The Kier molecular flexibility index (Phi) is 4.79. The minimum Gasteiger partial charge on any atom is -0.454 e. The van der Waals surface area contributed by atoms with Gasteiger partial charge in [0.2, 0.25) is 12.7 Å². The molecule has 7 heteroatoms. The lowest BCUT2D eigenvalue weighted by Gasteiger charge is -2.09. The Morgan fingerprint density at radius 1 is 1.21 bits per heavy atom. The smallest absolute Gasteiger partial charge is 0.274 e. The minimum absolute atomic E-state index is 0.199. The molecule has 0 unspecified atom stereocenters. The number of benzene rings is 1. The Hall–Kier alpha value is -2.83. The van der Waals surface area contributed by atoms with E-state index in [2.05, 4.69) is 27.5 Å². The Bertz CT molecular complexity index is 749. The average Bonchev–Trinajstić information content (AvgIpc) is 3.02. The van der Waals surface area contributed by atoms with Crippen molar-refractivity contribution < 1.29 is 14.3 Å². The molecular weight excluding hydrogens is 308 g/mol. The third-order valence-corrected chi connectivity index (χ3v) is 3.53. The van der Waals surface area contributed by atoms with Gasteiger partial charge in [-0.1, -0.05) is 13.3 Å². The minimum atomic E-state index is -0.294. The van der Waals surface area contributed by atoms with Crippen LogP contribution in [0.25, 0.3) is 0 Å². The van der Waals surface area contributed by atoms with E-state index >= 15 is 0 Å². The Balaban J connectivity index is 1.72. The summed E-state index contributed by atoms with van der Waals surface area (Å²) in [6.07, 6.45) is 2.10. The summed E-state index contributed by atoms with van der Waals surface area (Å²) in [5, 5.41) is 5.96. The van der Waals surface area contributed by atoms with Crippen LogP contribution in [0, 0.1) is 6.92 Å². The molecule has 0 aliphatic carbocycles. The van der Waals surface area contributed by atoms with Crippen molar-refractivity contribution >= 4 is 17.5 Å². The van der Waals surface area contributed by atoms with Crippen molar-refractivity contribution in [1.82, 2.24) is 9.97 Å². The van der Waals surface area contributed by atoms with Gasteiger partial charge in [-0.25, -0.2) is 9.97 Å². The molecular formula is C17H20N4O3. The molecule has 3 rings (SSSR count). The van der Waals surface area contributed by atoms with Crippen LogP contribution in [-0.2, 0) is 0 Å². The SMILES string of the molecule is CCCCNc1nc(C)cc(C(=O)Nc2ccc3c(c2)OCO3)n1. The van der Waals surface area contributed by atoms with E-state index in [9.17, 15) is 4.79 Å². The van der Waals surface area contributed by atoms with Crippen molar-refractivity contribution in [3.05, 3.63) is 35.7 Å². The zero-order valence-corrected chi connectivity index (χ0v) is 13.8. The number of hydrogen-bond acceptors (Lipinski definition) is 6. The monoisotopic (exact) mass is 328 g/mol. The predicted octanol–water partition coefficient (Wildman–Crippen LogP) is 2.98. The number of carbonyl (C=O) groups excluding carboxylic acids is 1. The fourth-order valence-electron chi connectivity index (χ4n) is 2.31. The summed E-state index contributed by atoms with van der Waals surface area (Å²) >= 11 is 0. The fourth-order valence-corrected chi connectivity index (χ4v) is 2.31. The summed E-state index contributed by atoms with van der Waals surface area (Å²) in [7, 11) is 0. The molecule has 2 heterocycles. The normalized spacial score (nSPS) is 12.1. The highest BCUT2D eigenvalue weighted by Gasteiger charge is 2.16. The lowest BCUT2D eigenvalue weighted by atomic mass is 10.2. The number of nitrogens with zero attached hydrogens (tertiary/aromatic N) is 2. The van der Waals surface area contributed by atoms with Crippen LogP contribution >= 0.6 is 0 Å². The Morgan fingerprint density at radius 3 is 2.88 bits per heavy atom. The molecule has 0 saturated heterocycles. The highest BCUT2D eigenvalue weighted by atomic mass is 16.7. The number of amides is 1. The van der Waals surface area contributed by atoms with Crippen LogP contribution in [0.1, 0.15) is 35.9 Å². The van der Waals surface area contributed by atoms with Gasteiger partial charge in [-0.05, 0) is 31.5 Å².